The minimum atomic E-state index is -0.535. The van der Waals surface area contributed by atoms with Gasteiger partial charge in [-0.1, -0.05) is 36.4 Å². The van der Waals surface area contributed by atoms with Gasteiger partial charge in [-0.05, 0) is 36.8 Å². The highest BCUT2D eigenvalue weighted by Crippen LogP contribution is 2.23. The van der Waals surface area contributed by atoms with Crippen LogP contribution in [0.25, 0.3) is 11.3 Å². The Morgan fingerprint density at radius 1 is 0.923 bits per heavy atom. The van der Waals surface area contributed by atoms with E-state index in [1.54, 1.807) is 55.6 Å². The smallest absolute Gasteiger partial charge is 0.374 e. The van der Waals surface area contributed by atoms with Crippen LogP contribution in [-0.2, 0) is 11.3 Å². The number of benzene rings is 2. The maximum absolute atomic E-state index is 12.1. The van der Waals surface area contributed by atoms with Gasteiger partial charge in [-0.15, -0.1) is 0 Å². The number of methoxy groups -OCH3 is 1. The van der Waals surface area contributed by atoms with Crippen molar-refractivity contribution in [3.05, 3.63) is 77.6 Å². The van der Waals surface area contributed by atoms with Crippen molar-refractivity contribution < 1.29 is 23.5 Å². The lowest BCUT2D eigenvalue weighted by Gasteiger charge is -2.04. The third kappa shape index (κ3) is 4.00. The highest BCUT2D eigenvalue weighted by atomic mass is 16.5. The fraction of sp³-hybridized carbons (Fsp3) is 0.143. The monoisotopic (exact) mass is 350 g/mol. The molecule has 0 unspecified atom stereocenters. The molecule has 1 aromatic heterocycles. The van der Waals surface area contributed by atoms with E-state index in [0.717, 1.165) is 16.9 Å². The summed E-state index contributed by atoms with van der Waals surface area (Å²) in [7, 11) is 1.59. The molecule has 0 saturated heterocycles. The van der Waals surface area contributed by atoms with E-state index in [0.29, 0.717) is 11.3 Å². The second-order valence-corrected chi connectivity index (χ2v) is 5.72. The molecule has 0 spiro atoms. The van der Waals surface area contributed by atoms with Crippen LogP contribution >= 0.6 is 0 Å². The van der Waals surface area contributed by atoms with Crippen molar-refractivity contribution in [2.24, 2.45) is 0 Å². The summed E-state index contributed by atoms with van der Waals surface area (Å²) in [6.45, 7) is 1.66. The predicted molar refractivity (Wildman–Crippen MR) is 96.3 cm³/mol. The average molecular weight is 350 g/mol. The molecule has 2 aromatic carbocycles. The summed E-state index contributed by atoms with van der Waals surface area (Å²) in [6.07, 6.45) is 0. The van der Waals surface area contributed by atoms with E-state index in [4.69, 9.17) is 13.9 Å². The van der Waals surface area contributed by atoms with Gasteiger partial charge in [-0.2, -0.15) is 0 Å². The van der Waals surface area contributed by atoms with Crippen LogP contribution in [0.1, 0.15) is 33.4 Å². The standard InChI is InChI=1S/C21H18O5/c1-14(22)16-5-7-17(8-6-16)19-11-12-20(26-19)21(23)25-13-15-3-9-18(24-2)10-4-15/h3-12H,13H2,1-2H3. The Bertz CT molecular complexity index is 904. The number of carbonyl (C=O) groups is 2. The van der Waals surface area contributed by atoms with Crippen LogP contribution in [0.15, 0.2) is 65.1 Å². The Morgan fingerprint density at radius 3 is 2.23 bits per heavy atom. The zero-order chi connectivity index (χ0) is 18.5. The topological polar surface area (TPSA) is 65.7 Å². The molecule has 0 bridgehead atoms. The molecule has 1 heterocycles. The van der Waals surface area contributed by atoms with Crippen LogP contribution in [0, 0.1) is 0 Å². The van der Waals surface area contributed by atoms with E-state index < -0.39 is 5.97 Å². The minimum Gasteiger partial charge on any atom is -0.497 e. The molecule has 132 valence electrons. The molecule has 3 aromatic rings. The lowest BCUT2D eigenvalue weighted by molar-refractivity contribution is 0.0437. The van der Waals surface area contributed by atoms with Gasteiger partial charge in [0.25, 0.3) is 0 Å². The summed E-state index contributed by atoms with van der Waals surface area (Å²) in [5.74, 6) is 0.874. The summed E-state index contributed by atoms with van der Waals surface area (Å²) < 4.78 is 15.9. The number of rotatable bonds is 6. The van der Waals surface area contributed by atoms with Gasteiger partial charge in [0.15, 0.2) is 5.78 Å². The highest BCUT2D eigenvalue weighted by molar-refractivity contribution is 5.94. The number of ketones is 1. The molecule has 5 nitrogen and oxygen atoms in total. The van der Waals surface area contributed by atoms with Crippen LogP contribution in [0.2, 0.25) is 0 Å². The van der Waals surface area contributed by atoms with E-state index in [1.807, 2.05) is 12.1 Å². The lowest BCUT2D eigenvalue weighted by atomic mass is 10.1. The van der Waals surface area contributed by atoms with Gasteiger partial charge in [-0.25, -0.2) is 4.79 Å². The van der Waals surface area contributed by atoms with Crippen molar-refractivity contribution in [3.8, 4) is 17.1 Å². The molecule has 0 fully saturated rings. The summed E-state index contributed by atoms with van der Waals surface area (Å²) in [5, 5.41) is 0. The van der Waals surface area contributed by atoms with Crippen molar-refractivity contribution in [2.45, 2.75) is 13.5 Å². The first-order valence-electron chi connectivity index (χ1n) is 8.08. The minimum absolute atomic E-state index is 0.00112. The Hall–Kier alpha value is -3.34. The number of furan rings is 1. The van der Waals surface area contributed by atoms with Gasteiger partial charge in [0, 0.05) is 11.1 Å². The summed E-state index contributed by atoms with van der Waals surface area (Å²) in [5.41, 5.74) is 2.26. The number of hydrogen-bond donors (Lipinski definition) is 0. The van der Waals surface area contributed by atoms with Crippen LogP contribution in [0.5, 0.6) is 5.75 Å². The molecular formula is C21H18O5. The normalized spacial score (nSPS) is 10.4. The second-order valence-electron chi connectivity index (χ2n) is 5.72. The zero-order valence-electron chi connectivity index (χ0n) is 14.5. The molecule has 0 aliphatic carbocycles. The molecule has 0 aliphatic heterocycles. The molecule has 26 heavy (non-hydrogen) atoms. The summed E-state index contributed by atoms with van der Waals surface area (Å²) >= 11 is 0. The summed E-state index contributed by atoms with van der Waals surface area (Å²) in [4.78, 5) is 23.5. The first-order chi connectivity index (χ1) is 12.6. The van der Waals surface area contributed by atoms with Gasteiger partial charge in [0.2, 0.25) is 5.76 Å². The van der Waals surface area contributed by atoms with Crippen molar-refractivity contribution in [1.29, 1.82) is 0 Å². The molecule has 0 N–H and O–H groups in total. The summed E-state index contributed by atoms with van der Waals surface area (Å²) in [6, 6.07) is 17.6. The van der Waals surface area contributed by atoms with Crippen molar-refractivity contribution >= 4 is 11.8 Å². The predicted octanol–water partition coefficient (Wildman–Crippen LogP) is 4.51. The van der Waals surface area contributed by atoms with Gasteiger partial charge in [0.1, 0.15) is 18.1 Å². The zero-order valence-corrected chi connectivity index (χ0v) is 14.5. The van der Waals surface area contributed by atoms with Crippen molar-refractivity contribution in [2.75, 3.05) is 7.11 Å². The molecular weight excluding hydrogens is 332 g/mol. The quantitative estimate of drug-likeness (QED) is 0.483. The van der Waals surface area contributed by atoms with Gasteiger partial charge < -0.3 is 13.9 Å². The molecule has 0 amide bonds. The first kappa shape index (κ1) is 17.5. The molecule has 3 rings (SSSR count). The van der Waals surface area contributed by atoms with Crippen molar-refractivity contribution in [3.63, 3.8) is 0 Å². The number of carbonyl (C=O) groups excluding carboxylic acids is 2. The second kappa shape index (κ2) is 7.70. The Kier molecular flexibility index (Phi) is 5.17. The Morgan fingerprint density at radius 2 is 1.62 bits per heavy atom. The van der Waals surface area contributed by atoms with Gasteiger partial charge in [-0.3, -0.25) is 4.79 Å². The van der Waals surface area contributed by atoms with Crippen LogP contribution in [0.4, 0.5) is 0 Å². The average Bonchev–Trinajstić information content (AvgIpc) is 3.17. The first-order valence-corrected chi connectivity index (χ1v) is 8.08. The third-order valence-corrected chi connectivity index (χ3v) is 3.91. The number of Topliss-reactive ketones (excluding diaryl/α,β-unsaturated/α-hetero) is 1. The number of hydrogen-bond acceptors (Lipinski definition) is 5. The fourth-order valence-electron chi connectivity index (χ4n) is 2.41. The van der Waals surface area contributed by atoms with Gasteiger partial charge in [0.05, 0.1) is 7.11 Å². The van der Waals surface area contributed by atoms with Crippen LogP contribution in [0.3, 0.4) is 0 Å². The SMILES string of the molecule is COc1ccc(COC(=O)c2ccc(-c3ccc(C(C)=O)cc3)o2)cc1. The molecule has 0 atom stereocenters. The van der Waals surface area contributed by atoms with E-state index in [9.17, 15) is 9.59 Å². The van der Waals surface area contributed by atoms with Gasteiger partial charge >= 0.3 is 5.97 Å². The maximum Gasteiger partial charge on any atom is 0.374 e. The molecule has 0 saturated carbocycles. The number of ether oxygens (including phenoxy) is 2. The maximum atomic E-state index is 12.1. The molecule has 0 radical (unpaired) electrons. The lowest BCUT2D eigenvalue weighted by Crippen LogP contribution is -2.03. The molecule has 5 heteroatoms. The van der Waals surface area contributed by atoms with Crippen molar-refractivity contribution in [1.82, 2.24) is 0 Å². The van der Waals surface area contributed by atoms with Crippen LogP contribution < -0.4 is 4.74 Å². The van der Waals surface area contributed by atoms with E-state index >= 15 is 0 Å². The molecule has 0 aliphatic rings. The van der Waals surface area contributed by atoms with Crippen LogP contribution in [-0.4, -0.2) is 18.9 Å². The Labute approximate surface area is 151 Å². The largest absolute Gasteiger partial charge is 0.497 e. The van der Waals surface area contributed by atoms with E-state index in [-0.39, 0.29) is 18.2 Å². The van der Waals surface area contributed by atoms with E-state index in [1.165, 1.54) is 6.92 Å². The highest BCUT2D eigenvalue weighted by Gasteiger charge is 2.14. The fourth-order valence-corrected chi connectivity index (χ4v) is 2.41. The van der Waals surface area contributed by atoms with E-state index in [2.05, 4.69) is 0 Å². The Balaban J connectivity index is 1.64. The third-order valence-electron chi connectivity index (χ3n) is 3.91. The number of esters is 1.